The molecule has 0 bridgehead atoms. The second kappa shape index (κ2) is 5.94. The standard InChI is InChI=1S/C13H12BrClN2OS/c1-7-2-10(14)12(4-11(7)15)17-5-9-3-8(6-19-9)13(16)18/h2-4,6,17H,5H2,1H3,(H2,16,18). The number of halogens is 2. The third-order valence-corrected chi connectivity index (χ3v) is 4.64. The number of primary amides is 1. The topological polar surface area (TPSA) is 55.1 Å². The van der Waals surface area contributed by atoms with Gasteiger partial charge < -0.3 is 11.1 Å². The van der Waals surface area contributed by atoms with E-state index in [0.717, 1.165) is 25.6 Å². The summed E-state index contributed by atoms with van der Waals surface area (Å²) in [5.41, 5.74) is 7.70. The van der Waals surface area contributed by atoms with Crippen LogP contribution >= 0.6 is 38.9 Å². The number of aryl methyl sites for hydroxylation is 1. The van der Waals surface area contributed by atoms with Crippen molar-refractivity contribution in [2.45, 2.75) is 13.5 Å². The highest BCUT2D eigenvalue weighted by atomic mass is 79.9. The number of nitrogens with two attached hydrogens (primary N) is 1. The molecule has 0 fully saturated rings. The first kappa shape index (κ1) is 14.4. The summed E-state index contributed by atoms with van der Waals surface area (Å²) in [5, 5.41) is 5.75. The summed E-state index contributed by atoms with van der Waals surface area (Å²) in [6.45, 7) is 2.57. The molecule has 100 valence electrons. The molecule has 1 aromatic carbocycles. The Morgan fingerprint density at radius 2 is 2.21 bits per heavy atom. The molecule has 3 nitrogen and oxygen atoms in total. The summed E-state index contributed by atoms with van der Waals surface area (Å²) in [7, 11) is 0. The highest BCUT2D eigenvalue weighted by Gasteiger charge is 2.07. The first-order chi connectivity index (χ1) is 8.97. The van der Waals surface area contributed by atoms with E-state index < -0.39 is 5.91 Å². The van der Waals surface area contributed by atoms with E-state index in [1.807, 2.05) is 19.1 Å². The van der Waals surface area contributed by atoms with Gasteiger partial charge in [-0.05, 0) is 46.6 Å². The minimum atomic E-state index is -0.401. The molecule has 0 spiro atoms. The van der Waals surface area contributed by atoms with E-state index in [4.69, 9.17) is 17.3 Å². The van der Waals surface area contributed by atoms with Crippen molar-refractivity contribution in [1.29, 1.82) is 0 Å². The molecule has 0 aliphatic rings. The fourth-order valence-corrected chi connectivity index (χ4v) is 3.14. The molecule has 0 atom stereocenters. The highest BCUT2D eigenvalue weighted by molar-refractivity contribution is 9.10. The van der Waals surface area contributed by atoms with Crippen LogP contribution in [0, 0.1) is 6.92 Å². The lowest BCUT2D eigenvalue weighted by Gasteiger charge is -2.09. The van der Waals surface area contributed by atoms with Gasteiger partial charge >= 0.3 is 0 Å². The van der Waals surface area contributed by atoms with Crippen molar-refractivity contribution in [1.82, 2.24) is 0 Å². The zero-order valence-electron chi connectivity index (χ0n) is 10.2. The molecule has 0 saturated heterocycles. The summed E-state index contributed by atoms with van der Waals surface area (Å²) in [6, 6.07) is 5.64. The summed E-state index contributed by atoms with van der Waals surface area (Å²) in [4.78, 5) is 12.0. The number of hydrogen-bond donors (Lipinski definition) is 2. The van der Waals surface area contributed by atoms with E-state index in [1.165, 1.54) is 11.3 Å². The predicted molar refractivity (Wildman–Crippen MR) is 84.1 cm³/mol. The number of carbonyl (C=O) groups is 1. The van der Waals surface area contributed by atoms with Crippen LogP contribution in [-0.2, 0) is 6.54 Å². The van der Waals surface area contributed by atoms with Crippen molar-refractivity contribution in [3.63, 3.8) is 0 Å². The van der Waals surface area contributed by atoms with Gasteiger partial charge in [-0.2, -0.15) is 0 Å². The molecule has 6 heteroatoms. The van der Waals surface area contributed by atoms with Crippen molar-refractivity contribution in [2.24, 2.45) is 5.73 Å². The van der Waals surface area contributed by atoms with E-state index in [0.29, 0.717) is 12.1 Å². The summed E-state index contributed by atoms with van der Waals surface area (Å²) in [6.07, 6.45) is 0. The SMILES string of the molecule is Cc1cc(Br)c(NCc2cc(C(N)=O)cs2)cc1Cl. The van der Waals surface area contributed by atoms with Crippen LogP contribution in [-0.4, -0.2) is 5.91 Å². The monoisotopic (exact) mass is 358 g/mol. The van der Waals surface area contributed by atoms with Crippen molar-refractivity contribution in [3.05, 3.63) is 49.1 Å². The summed E-state index contributed by atoms with van der Waals surface area (Å²) in [5.74, 6) is -0.401. The number of rotatable bonds is 4. The van der Waals surface area contributed by atoms with Gasteiger partial charge in [-0.1, -0.05) is 11.6 Å². The maximum atomic E-state index is 11.0. The van der Waals surface area contributed by atoms with E-state index in [-0.39, 0.29) is 0 Å². The van der Waals surface area contributed by atoms with Crippen molar-refractivity contribution < 1.29 is 4.79 Å². The molecule has 2 aromatic rings. The number of benzene rings is 1. The molecule has 0 aliphatic carbocycles. The van der Waals surface area contributed by atoms with Gasteiger partial charge in [0.05, 0.1) is 11.3 Å². The van der Waals surface area contributed by atoms with Crippen LogP contribution in [0.2, 0.25) is 5.02 Å². The number of anilines is 1. The maximum absolute atomic E-state index is 11.0. The Bertz CT molecular complexity index is 627. The van der Waals surface area contributed by atoms with Crippen LogP contribution in [0.1, 0.15) is 20.8 Å². The maximum Gasteiger partial charge on any atom is 0.249 e. The Labute approximate surface area is 128 Å². The largest absolute Gasteiger partial charge is 0.379 e. The Kier molecular flexibility index (Phi) is 4.50. The quantitative estimate of drug-likeness (QED) is 0.860. The van der Waals surface area contributed by atoms with Crippen molar-refractivity contribution in [3.8, 4) is 0 Å². The third-order valence-electron chi connectivity index (χ3n) is 2.64. The van der Waals surface area contributed by atoms with Gasteiger partial charge in [0.2, 0.25) is 5.91 Å². The molecule has 0 radical (unpaired) electrons. The summed E-state index contributed by atoms with van der Waals surface area (Å²) >= 11 is 11.1. The van der Waals surface area contributed by atoms with E-state index in [2.05, 4.69) is 21.2 Å². The number of amides is 1. The number of thiophene rings is 1. The minimum Gasteiger partial charge on any atom is -0.379 e. The molecule has 1 amide bonds. The minimum absolute atomic E-state index is 0.401. The fourth-order valence-electron chi connectivity index (χ4n) is 1.57. The molecule has 3 N–H and O–H groups in total. The van der Waals surface area contributed by atoms with Crippen LogP contribution in [0.15, 0.2) is 28.1 Å². The van der Waals surface area contributed by atoms with Gasteiger partial charge in [-0.25, -0.2) is 0 Å². The molecule has 1 aromatic heterocycles. The number of nitrogens with one attached hydrogen (secondary N) is 1. The second-order valence-corrected chi connectivity index (χ2v) is 6.36. The zero-order valence-corrected chi connectivity index (χ0v) is 13.3. The van der Waals surface area contributed by atoms with Crippen LogP contribution in [0.4, 0.5) is 5.69 Å². The normalized spacial score (nSPS) is 10.5. The Morgan fingerprint density at radius 3 is 2.84 bits per heavy atom. The number of carbonyl (C=O) groups excluding carboxylic acids is 1. The molecule has 0 saturated carbocycles. The number of hydrogen-bond acceptors (Lipinski definition) is 3. The van der Waals surface area contributed by atoms with Gasteiger partial charge in [-0.15, -0.1) is 11.3 Å². The van der Waals surface area contributed by atoms with Gasteiger partial charge in [0, 0.05) is 26.3 Å². The third kappa shape index (κ3) is 3.49. The van der Waals surface area contributed by atoms with Gasteiger partial charge in [-0.3, -0.25) is 4.79 Å². The average Bonchev–Trinajstić information content (AvgIpc) is 2.81. The first-order valence-corrected chi connectivity index (χ1v) is 7.59. The molecule has 19 heavy (non-hydrogen) atoms. The summed E-state index contributed by atoms with van der Waals surface area (Å²) < 4.78 is 0.959. The zero-order chi connectivity index (χ0) is 14.0. The Morgan fingerprint density at radius 1 is 1.47 bits per heavy atom. The van der Waals surface area contributed by atoms with Gasteiger partial charge in [0.15, 0.2) is 0 Å². The van der Waals surface area contributed by atoms with Crippen LogP contribution in [0.25, 0.3) is 0 Å². The predicted octanol–water partition coefficient (Wildman–Crippen LogP) is 4.18. The van der Waals surface area contributed by atoms with Crippen LogP contribution < -0.4 is 11.1 Å². The van der Waals surface area contributed by atoms with Gasteiger partial charge in [0.1, 0.15) is 0 Å². The van der Waals surface area contributed by atoms with E-state index in [9.17, 15) is 4.79 Å². The van der Waals surface area contributed by atoms with Crippen LogP contribution in [0.3, 0.4) is 0 Å². The molecule has 0 aliphatic heterocycles. The van der Waals surface area contributed by atoms with Crippen molar-refractivity contribution in [2.75, 3.05) is 5.32 Å². The molecular weight excluding hydrogens is 348 g/mol. The van der Waals surface area contributed by atoms with E-state index >= 15 is 0 Å². The second-order valence-electron chi connectivity index (χ2n) is 4.10. The Hall–Kier alpha value is -1.04. The van der Waals surface area contributed by atoms with Crippen molar-refractivity contribution >= 4 is 50.5 Å². The van der Waals surface area contributed by atoms with E-state index in [1.54, 1.807) is 11.4 Å². The first-order valence-electron chi connectivity index (χ1n) is 5.54. The fraction of sp³-hybridized carbons (Fsp3) is 0.154. The average molecular weight is 360 g/mol. The van der Waals surface area contributed by atoms with Gasteiger partial charge in [0.25, 0.3) is 0 Å². The lowest BCUT2D eigenvalue weighted by molar-refractivity contribution is 0.100. The lowest BCUT2D eigenvalue weighted by atomic mass is 10.2. The lowest BCUT2D eigenvalue weighted by Crippen LogP contribution is -2.09. The highest BCUT2D eigenvalue weighted by Crippen LogP contribution is 2.29. The Balaban J connectivity index is 2.09. The molecule has 0 unspecified atom stereocenters. The molecule has 2 rings (SSSR count). The smallest absolute Gasteiger partial charge is 0.249 e. The van der Waals surface area contributed by atoms with Crippen LogP contribution in [0.5, 0.6) is 0 Å². The molecule has 1 heterocycles. The molecular formula is C13H12BrClN2OS.